The summed E-state index contributed by atoms with van der Waals surface area (Å²) in [6.45, 7) is 1.55. The summed E-state index contributed by atoms with van der Waals surface area (Å²) in [5.74, 6) is -0.335. The van der Waals surface area contributed by atoms with E-state index in [0.29, 0.717) is 11.3 Å². The summed E-state index contributed by atoms with van der Waals surface area (Å²) in [6.07, 6.45) is -0.0977. The molecule has 0 spiro atoms. The van der Waals surface area contributed by atoms with Gasteiger partial charge in [0.15, 0.2) is 5.82 Å². The standard InChI is InChI=1S/C15H16FN3O3/c1-10-7-13(18-22-10)17-14(20)9-19(2)15(21)8-11-5-3-4-6-12(11)16/h3-7H,8-9H2,1-2H3,(H,17,18,20). The van der Waals surface area contributed by atoms with Gasteiger partial charge >= 0.3 is 0 Å². The molecule has 22 heavy (non-hydrogen) atoms. The Morgan fingerprint density at radius 2 is 2.09 bits per heavy atom. The van der Waals surface area contributed by atoms with Crippen LogP contribution in [0.5, 0.6) is 0 Å². The van der Waals surface area contributed by atoms with E-state index in [1.54, 1.807) is 31.2 Å². The predicted molar refractivity (Wildman–Crippen MR) is 77.6 cm³/mol. The van der Waals surface area contributed by atoms with E-state index < -0.39 is 11.7 Å². The van der Waals surface area contributed by atoms with Crippen molar-refractivity contribution < 1.29 is 18.5 Å². The second kappa shape index (κ2) is 6.84. The van der Waals surface area contributed by atoms with Crippen LogP contribution in [0.1, 0.15) is 11.3 Å². The lowest BCUT2D eigenvalue weighted by Gasteiger charge is -2.16. The second-order valence-corrected chi connectivity index (χ2v) is 4.89. The van der Waals surface area contributed by atoms with E-state index in [0.717, 1.165) is 0 Å². The maximum absolute atomic E-state index is 13.5. The molecule has 0 fully saturated rings. The van der Waals surface area contributed by atoms with Crippen molar-refractivity contribution in [3.63, 3.8) is 0 Å². The van der Waals surface area contributed by atoms with Crippen LogP contribution in [-0.2, 0) is 16.0 Å². The van der Waals surface area contributed by atoms with Crippen molar-refractivity contribution >= 4 is 17.6 Å². The highest BCUT2D eigenvalue weighted by Crippen LogP contribution is 2.09. The summed E-state index contributed by atoms with van der Waals surface area (Å²) in [5.41, 5.74) is 0.298. The molecule has 7 heteroatoms. The van der Waals surface area contributed by atoms with Crippen molar-refractivity contribution in [1.29, 1.82) is 0 Å². The van der Waals surface area contributed by atoms with E-state index in [2.05, 4.69) is 10.5 Å². The molecule has 116 valence electrons. The summed E-state index contributed by atoms with van der Waals surface area (Å²) < 4.78 is 18.3. The van der Waals surface area contributed by atoms with Gasteiger partial charge < -0.3 is 14.7 Å². The summed E-state index contributed by atoms with van der Waals surface area (Å²) in [7, 11) is 1.48. The number of benzene rings is 1. The molecule has 0 aliphatic rings. The van der Waals surface area contributed by atoms with E-state index in [4.69, 9.17) is 4.52 Å². The van der Waals surface area contributed by atoms with Crippen LogP contribution in [-0.4, -0.2) is 35.5 Å². The Morgan fingerprint density at radius 1 is 1.36 bits per heavy atom. The molecule has 0 saturated carbocycles. The first kappa shape index (κ1) is 15.7. The number of aryl methyl sites for hydroxylation is 1. The van der Waals surface area contributed by atoms with Gasteiger partial charge in [-0.3, -0.25) is 9.59 Å². The Bertz CT molecular complexity index is 684. The second-order valence-electron chi connectivity index (χ2n) is 4.89. The number of nitrogens with zero attached hydrogens (tertiary/aromatic N) is 2. The fourth-order valence-electron chi connectivity index (χ4n) is 1.85. The van der Waals surface area contributed by atoms with Gasteiger partial charge in [0.2, 0.25) is 11.8 Å². The van der Waals surface area contributed by atoms with Crippen LogP contribution in [0.15, 0.2) is 34.9 Å². The summed E-state index contributed by atoms with van der Waals surface area (Å²) in [6, 6.07) is 7.62. The van der Waals surface area contributed by atoms with Gasteiger partial charge in [0, 0.05) is 13.1 Å². The molecular weight excluding hydrogens is 289 g/mol. The van der Waals surface area contributed by atoms with Gasteiger partial charge in [-0.15, -0.1) is 0 Å². The van der Waals surface area contributed by atoms with E-state index in [9.17, 15) is 14.0 Å². The van der Waals surface area contributed by atoms with E-state index >= 15 is 0 Å². The first-order valence-electron chi connectivity index (χ1n) is 6.66. The highest BCUT2D eigenvalue weighted by molar-refractivity contribution is 5.94. The third kappa shape index (κ3) is 4.15. The minimum absolute atomic E-state index is 0.0977. The minimum Gasteiger partial charge on any atom is -0.360 e. The fourth-order valence-corrected chi connectivity index (χ4v) is 1.85. The zero-order valence-corrected chi connectivity index (χ0v) is 12.3. The molecule has 1 heterocycles. The lowest BCUT2D eigenvalue weighted by molar-refractivity contribution is -0.132. The maximum atomic E-state index is 13.5. The zero-order chi connectivity index (χ0) is 16.1. The SMILES string of the molecule is Cc1cc(NC(=O)CN(C)C(=O)Cc2ccccc2F)no1. The fraction of sp³-hybridized carbons (Fsp3) is 0.267. The molecule has 2 amide bonds. The number of anilines is 1. The number of likely N-dealkylation sites (N-methyl/N-ethyl adjacent to an activating group) is 1. The van der Waals surface area contributed by atoms with Crippen molar-refractivity contribution in [3.8, 4) is 0 Å². The molecule has 1 N–H and O–H groups in total. The van der Waals surface area contributed by atoms with Crippen LogP contribution in [0.4, 0.5) is 10.2 Å². The Labute approximate surface area is 126 Å². The lowest BCUT2D eigenvalue weighted by atomic mass is 10.1. The van der Waals surface area contributed by atoms with E-state index in [1.165, 1.54) is 18.0 Å². The number of hydrogen-bond donors (Lipinski definition) is 1. The Balaban J connectivity index is 1.88. The van der Waals surface area contributed by atoms with Crippen LogP contribution in [0.2, 0.25) is 0 Å². The molecule has 0 unspecified atom stereocenters. The summed E-state index contributed by atoms with van der Waals surface area (Å²) in [5, 5.41) is 6.14. The zero-order valence-electron chi connectivity index (χ0n) is 12.3. The van der Waals surface area contributed by atoms with Crippen molar-refractivity contribution in [3.05, 3.63) is 47.5 Å². The summed E-state index contributed by atoms with van der Waals surface area (Å²) in [4.78, 5) is 25.0. The number of halogens is 1. The lowest BCUT2D eigenvalue weighted by Crippen LogP contribution is -2.36. The van der Waals surface area contributed by atoms with E-state index in [1.807, 2.05) is 0 Å². The molecule has 2 aromatic rings. The first-order valence-corrected chi connectivity index (χ1v) is 6.66. The smallest absolute Gasteiger partial charge is 0.245 e. The van der Waals surface area contributed by atoms with Crippen molar-refractivity contribution in [2.45, 2.75) is 13.3 Å². The molecule has 0 saturated heterocycles. The van der Waals surface area contributed by atoms with Gasteiger partial charge in [-0.2, -0.15) is 0 Å². The van der Waals surface area contributed by atoms with Gasteiger partial charge in [-0.25, -0.2) is 4.39 Å². The topological polar surface area (TPSA) is 75.4 Å². The molecule has 1 aromatic heterocycles. The minimum atomic E-state index is -0.438. The molecule has 0 atom stereocenters. The number of rotatable bonds is 5. The predicted octanol–water partition coefficient (Wildman–Crippen LogP) is 1.76. The third-order valence-electron chi connectivity index (χ3n) is 3.00. The van der Waals surface area contributed by atoms with Crippen molar-refractivity contribution in [1.82, 2.24) is 10.1 Å². The van der Waals surface area contributed by atoms with Gasteiger partial charge in [0.25, 0.3) is 0 Å². The van der Waals surface area contributed by atoms with Crippen LogP contribution in [0.3, 0.4) is 0 Å². The molecule has 2 rings (SSSR count). The molecule has 0 bridgehead atoms. The Hall–Kier alpha value is -2.70. The third-order valence-corrected chi connectivity index (χ3v) is 3.00. The molecular formula is C15H16FN3O3. The van der Waals surface area contributed by atoms with E-state index in [-0.39, 0.29) is 24.7 Å². The van der Waals surface area contributed by atoms with Crippen molar-refractivity contribution in [2.75, 3.05) is 18.9 Å². The number of carbonyl (C=O) groups is 2. The van der Waals surface area contributed by atoms with Crippen LogP contribution < -0.4 is 5.32 Å². The molecule has 0 aliphatic heterocycles. The molecule has 0 aliphatic carbocycles. The Kier molecular flexibility index (Phi) is 4.88. The van der Waals surface area contributed by atoms with Crippen LogP contribution in [0, 0.1) is 12.7 Å². The highest BCUT2D eigenvalue weighted by Gasteiger charge is 2.16. The number of hydrogen-bond acceptors (Lipinski definition) is 4. The first-order chi connectivity index (χ1) is 10.5. The highest BCUT2D eigenvalue weighted by atomic mass is 19.1. The normalized spacial score (nSPS) is 10.3. The van der Waals surface area contributed by atoms with Gasteiger partial charge in [-0.05, 0) is 18.6 Å². The van der Waals surface area contributed by atoms with Crippen LogP contribution >= 0.6 is 0 Å². The summed E-state index contributed by atoms with van der Waals surface area (Å²) >= 11 is 0. The van der Waals surface area contributed by atoms with Gasteiger partial charge in [0.05, 0.1) is 13.0 Å². The number of amides is 2. The van der Waals surface area contributed by atoms with Gasteiger partial charge in [0.1, 0.15) is 11.6 Å². The quantitative estimate of drug-likeness (QED) is 0.913. The Morgan fingerprint density at radius 3 is 2.73 bits per heavy atom. The average Bonchev–Trinajstić information content (AvgIpc) is 2.86. The number of carbonyl (C=O) groups excluding carboxylic acids is 2. The van der Waals surface area contributed by atoms with Crippen LogP contribution in [0.25, 0.3) is 0 Å². The number of aromatic nitrogens is 1. The molecule has 6 nitrogen and oxygen atoms in total. The monoisotopic (exact) mass is 305 g/mol. The number of nitrogens with one attached hydrogen (secondary N) is 1. The molecule has 1 aromatic carbocycles. The largest absolute Gasteiger partial charge is 0.360 e. The average molecular weight is 305 g/mol. The molecule has 0 radical (unpaired) electrons. The van der Waals surface area contributed by atoms with Gasteiger partial charge in [-0.1, -0.05) is 23.4 Å². The van der Waals surface area contributed by atoms with Crippen molar-refractivity contribution in [2.24, 2.45) is 0 Å². The maximum Gasteiger partial charge on any atom is 0.245 e.